The van der Waals surface area contributed by atoms with Gasteiger partial charge in [-0.05, 0) is 42.5 Å². The SMILES string of the molecule is COc1ccc(-c2noc(CS(=O)(=O)Cc3coc(-c4ccc(F)cc4)n3)n2)cc1OC. The van der Waals surface area contributed by atoms with Crippen LogP contribution < -0.4 is 9.47 Å². The molecule has 0 radical (unpaired) electrons. The van der Waals surface area contributed by atoms with Gasteiger partial charge in [0.25, 0.3) is 0 Å². The molecule has 0 atom stereocenters. The van der Waals surface area contributed by atoms with Crippen LogP contribution in [0.3, 0.4) is 0 Å². The Kier molecular flexibility index (Phi) is 5.91. The molecule has 4 rings (SSSR count). The summed E-state index contributed by atoms with van der Waals surface area (Å²) in [6.45, 7) is 0. The molecule has 2 aromatic heterocycles. The number of nitrogens with zero attached hydrogens (tertiary/aromatic N) is 3. The van der Waals surface area contributed by atoms with E-state index in [4.69, 9.17) is 18.4 Å². The number of hydrogen-bond acceptors (Lipinski definition) is 9. The lowest BCUT2D eigenvalue weighted by Crippen LogP contribution is -2.08. The number of ether oxygens (including phenoxy) is 2. The topological polar surface area (TPSA) is 118 Å². The van der Waals surface area contributed by atoms with E-state index < -0.39 is 21.4 Å². The Hall–Kier alpha value is -3.73. The van der Waals surface area contributed by atoms with Crippen molar-refractivity contribution in [1.29, 1.82) is 0 Å². The van der Waals surface area contributed by atoms with Crippen LogP contribution in [-0.4, -0.2) is 37.8 Å². The second-order valence-corrected chi connectivity index (χ2v) is 8.83. The average molecular weight is 459 g/mol. The van der Waals surface area contributed by atoms with Crippen molar-refractivity contribution in [3.8, 4) is 34.3 Å². The summed E-state index contributed by atoms with van der Waals surface area (Å²) in [7, 11) is -0.658. The third-order valence-corrected chi connectivity index (χ3v) is 5.89. The minimum absolute atomic E-state index is 0.0583. The molecule has 11 heteroatoms. The Morgan fingerprint density at radius 3 is 2.38 bits per heavy atom. The van der Waals surface area contributed by atoms with Crippen molar-refractivity contribution in [3.63, 3.8) is 0 Å². The lowest BCUT2D eigenvalue weighted by Gasteiger charge is -2.07. The smallest absolute Gasteiger partial charge is 0.242 e. The van der Waals surface area contributed by atoms with Crippen LogP contribution in [0.5, 0.6) is 11.5 Å². The number of aromatic nitrogens is 3. The monoisotopic (exact) mass is 459 g/mol. The molecule has 4 aromatic rings. The van der Waals surface area contributed by atoms with Gasteiger partial charge in [0.05, 0.1) is 25.7 Å². The standard InChI is InChI=1S/C21H18FN3O6S/c1-28-17-8-5-14(9-18(17)29-2)20-24-19(31-25-20)12-32(26,27)11-16-10-30-21(23-16)13-3-6-15(22)7-4-13/h3-10H,11-12H2,1-2H3. The molecule has 0 amide bonds. The van der Waals surface area contributed by atoms with Crippen molar-refractivity contribution in [2.24, 2.45) is 0 Å². The van der Waals surface area contributed by atoms with E-state index >= 15 is 0 Å². The maximum Gasteiger partial charge on any atom is 0.242 e. The molecule has 0 fully saturated rings. The summed E-state index contributed by atoms with van der Waals surface area (Å²) in [6.07, 6.45) is 1.25. The number of sulfone groups is 1. The van der Waals surface area contributed by atoms with Gasteiger partial charge in [-0.3, -0.25) is 0 Å². The number of oxazole rings is 1. The van der Waals surface area contributed by atoms with Crippen molar-refractivity contribution in [3.05, 3.63) is 66.1 Å². The fourth-order valence-corrected chi connectivity index (χ4v) is 4.15. The molecule has 2 aromatic carbocycles. The predicted octanol–water partition coefficient (Wildman–Crippen LogP) is 3.66. The molecule has 0 aliphatic carbocycles. The quantitative estimate of drug-likeness (QED) is 0.389. The van der Waals surface area contributed by atoms with Gasteiger partial charge in [-0.15, -0.1) is 0 Å². The van der Waals surface area contributed by atoms with Gasteiger partial charge in [-0.1, -0.05) is 5.16 Å². The van der Waals surface area contributed by atoms with Gasteiger partial charge >= 0.3 is 0 Å². The highest BCUT2D eigenvalue weighted by Gasteiger charge is 2.21. The fourth-order valence-electron chi connectivity index (χ4n) is 2.97. The second-order valence-electron chi connectivity index (χ2n) is 6.76. The first-order chi connectivity index (χ1) is 15.4. The van der Waals surface area contributed by atoms with E-state index in [0.29, 0.717) is 22.6 Å². The summed E-state index contributed by atoms with van der Waals surface area (Å²) in [6, 6.07) is 10.6. The summed E-state index contributed by atoms with van der Waals surface area (Å²) in [5, 5.41) is 3.85. The van der Waals surface area contributed by atoms with Crippen LogP contribution >= 0.6 is 0 Å². The zero-order valence-electron chi connectivity index (χ0n) is 17.1. The largest absolute Gasteiger partial charge is 0.493 e. The normalized spacial score (nSPS) is 11.5. The van der Waals surface area contributed by atoms with Crippen LogP contribution in [0.2, 0.25) is 0 Å². The highest BCUT2D eigenvalue weighted by molar-refractivity contribution is 7.89. The van der Waals surface area contributed by atoms with Crippen molar-refractivity contribution in [2.75, 3.05) is 14.2 Å². The fraction of sp³-hybridized carbons (Fsp3) is 0.190. The summed E-state index contributed by atoms with van der Waals surface area (Å²) < 4.78 is 59.1. The number of hydrogen-bond donors (Lipinski definition) is 0. The third-order valence-electron chi connectivity index (χ3n) is 4.46. The van der Waals surface area contributed by atoms with E-state index in [1.54, 1.807) is 18.2 Å². The van der Waals surface area contributed by atoms with E-state index in [9.17, 15) is 12.8 Å². The van der Waals surface area contributed by atoms with Gasteiger partial charge in [0.2, 0.25) is 17.6 Å². The van der Waals surface area contributed by atoms with Crippen LogP contribution in [-0.2, 0) is 21.3 Å². The molecule has 0 saturated heterocycles. The van der Waals surface area contributed by atoms with Crippen molar-refractivity contribution >= 4 is 9.84 Å². The third kappa shape index (κ3) is 4.78. The molecular weight excluding hydrogens is 441 g/mol. The molecule has 0 bridgehead atoms. The van der Waals surface area contributed by atoms with E-state index in [0.717, 1.165) is 0 Å². The number of methoxy groups -OCH3 is 2. The molecular formula is C21H18FN3O6S. The Bertz CT molecular complexity index is 1330. The minimum Gasteiger partial charge on any atom is -0.493 e. The molecule has 9 nitrogen and oxygen atoms in total. The van der Waals surface area contributed by atoms with E-state index in [2.05, 4.69) is 15.1 Å². The molecule has 0 N–H and O–H groups in total. The summed E-state index contributed by atoms with van der Waals surface area (Å²) in [4.78, 5) is 8.33. The molecule has 0 aliphatic rings. The molecule has 0 unspecified atom stereocenters. The van der Waals surface area contributed by atoms with Gasteiger partial charge in [-0.2, -0.15) is 4.98 Å². The second kappa shape index (κ2) is 8.79. The molecule has 0 aliphatic heterocycles. The Morgan fingerprint density at radius 2 is 1.66 bits per heavy atom. The van der Waals surface area contributed by atoms with Crippen molar-refractivity contribution in [2.45, 2.75) is 11.5 Å². The Morgan fingerprint density at radius 1 is 0.938 bits per heavy atom. The van der Waals surface area contributed by atoms with E-state index in [-0.39, 0.29) is 29.1 Å². The van der Waals surface area contributed by atoms with E-state index in [1.165, 1.54) is 44.7 Å². The van der Waals surface area contributed by atoms with E-state index in [1.807, 2.05) is 0 Å². The van der Waals surface area contributed by atoms with Crippen LogP contribution in [0.15, 0.2) is 57.7 Å². The van der Waals surface area contributed by atoms with Crippen molar-refractivity contribution in [1.82, 2.24) is 15.1 Å². The summed E-state index contributed by atoms with van der Waals surface area (Å²) in [5.74, 6) is 0.131. The maximum absolute atomic E-state index is 13.1. The lowest BCUT2D eigenvalue weighted by atomic mass is 10.2. The molecule has 32 heavy (non-hydrogen) atoms. The van der Waals surface area contributed by atoms with Crippen LogP contribution in [0.4, 0.5) is 4.39 Å². The minimum atomic E-state index is -3.68. The van der Waals surface area contributed by atoms with Crippen LogP contribution in [0.25, 0.3) is 22.8 Å². The zero-order chi connectivity index (χ0) is 22.7. The van der Waals surface area contributed by atoms with Crippen LogP contribution in [0, 0.1) is 5.82 Å². The highest BCUT2D eigenvalue weighted by Crippen LogP contribution is 2.31. The number of benzene rings is 2. The maximum atomic E-state index is 13.1. The highest BCUT2D eigenvalue weighted by atomic mass is 32.2. The van der Waals surface area contributed by atoms with Gasteiger partial charge in [0.1, 0.15) is 17.8 Å². The first kappa shape index (κ1) is 21.5. The summed E-state index contributed by atoms with van der Waals surface area (Å²) in [5.41, 5.74) is 1.32. The van der Waals surface area contributed by atoms with Gasteiger partial charge < -0.3 is 18.4 Å². The van der Waals surface area contributed by atoms with Crippen LogP contribution in [0.1, 0.15) is 11.6 Å². The first-order valence-electron chi connectivity index (χ1n) is 9.32. The Balaban J connectivity index is 1.47. The Labute approximate surface area is 182 Å². The molecule has 166 valence electrons. The summed E-state index contributed by atoms with van der Waals surface area (Å²) >= 11 is 0. The molecule has 0 spiro atoms. The lowest BCUT2D eigenvalue weighted by molar-refractivity contribution is 0.355. The van der Waals surface area contributed by atoms with Gasteiger partial charge in [0, 0.05) is 11.1 Å². The average Bonchev–Trinajstić information content (AvgIpc) is 3.42. The van der Waals surface area contributed by atoms with Gasteiger partial charge in [0.15, 0.2) is 21.3 Å². The van der Waals surface area contributed by atoms with Crippen molar-refractivity contribution < 1.29 is 31.2 Å². The first-order valence-corrected chi connectivity index (χ1v) is 11.1. The molecule has 2 heterocycles. The predicted molar refractivity (Wildman–Crippen MR) is 111 cm³/mol. The molecule has 0 saturated carbocycles. The zero-order valence-corrected chi connectivity index (χ0v) is 17.9. The number of rotatable bonds is 8. The number of halogens is 1. The van der Waals surface area contributed by atoms with Gasteiger partial charge in [-0.25, -0.2) is 17.8 Å².